The van der Waals surface area contributed by atoms with Crippen LogP contribution in [-0.4, -0.2) is 4.98 Å². The van der Waals surface area contributed by atoms with E-state index >= 15 is 0 Å². The summed E-state index contributed by atoms with van der Waals surface area (Å²) >= 11 is 0. The van der Waals surface area contributed by atoms with Crippen molar-refractivity contribution in [1.29, 1.82) is 0 Å². The fraction of sp³-hybridized carbons (Fsp3) is 0.625. The van der Waals surface area contributed by atoms with E-state index < -0.39 is 0 Å². The summed E-state index contributed by atoms with van der Waals surface area (Å²) in [6, 6.07) is 0. The highest BCUT2D eigenvalue weighted by molar-refractivity contribution is 5.04. The van der Waals surface area contributed by atoms with Crippen molar-refractivity contribution in [2.24, 2.45) is 5.92 Å². The van der Waals surface area contributed by atoms with Crippen molar-refractivity contribution in [2.45, 2.75) is 27.2 Å². The molecule has 0 amide bonds. The minimum absolute atomic E-state index is 0.645. The van der Waals surface area contributed by atoms with Gasteiger partial charge in [-0.15, -0.1) is 0 Å². The third-order valence-electron chi connectivity index (χ3n) is 1.44. The van der Waals surface area contributed by atoms with Crippen molar-refractivity contribution < 1.29 is 4.42 Å². The summed E-state index contributed by atoms with van der Waals surface area (Å²) in [5.41, 5.74) is 1.02. The van der Waals surface area contributed by atoms with Gasteiger partial charge in [0.05, 0.1) is 5.69 Å². The fourth-order valence-corrected chi connectivity index (χ4v) is 0.893. The zero-order valence-electron chi connectivity index (χ0n) is 6.72. The van der Waals surface area contributed by atoms with Crippen LogP contribution in [0.25, 0.3) is 0 Å². The summed E-state index contributed by atoms with van der Waals surface area (Å²) in [6.45, 7) is 6.31. The van der Waals surface area contributed by atoms with Crippen molar-refractivity contribution >= 4 is 0 Å². The molecule has 56 valence electrons. The van der Waals surface area contributed by atoms with Gasteiger partial charge in [-0.05, 0) is 12.8 Å². The van der Waals surface area contributed by atoms with E-state index in [4.69, 9.17) is 4.42 Å². The van der Waals surface area contributed by atoms with E-state index in [0.717, 1.165) is 17.9 Å². The molecule has 1 rings (SSSR count). The Hall–Kier alpha value is -0.790. The monoisotopic (exact) mass is 139 g/mol. The summed E-state index contributed by atoms with van der Waals surface area (Å²) in [7, 11) is 0. The Labute approximate surface area is 61.3 Å². The molecular formula is C8H13NO. The molecule has 0 saturated carbocycles. The highest BCUT2D eigenvalue weighted by atomic mass is 16.3. The average molecular weight is 139 g/mol. The van der Waals surface area contributed by atoms with Crippen LogP contribution in [0.4, 0.5) is 0 Å². The molecule has 0 bridgehead atoms. The molecule has 0 saturated heterocycles. The van der Waals surface area contributed by atoms with E-state index in [1.54, 1.807) is 0 Å². The number of aromatic nitrogens is 1. The maximum Gasteiger partial charge on any atom is 0.181 e. The van der Waals surface area contributed by atoms with Crippen molar-refractivity contribution in [3.05, 3.63) is 17.8 Å². The molecule has 2 nitrogen and oxygen atoms in total. The normalized spacial score (nSPS) is 10.8. The largest absolute Gasteiger partial charge is 0.448 e. The first-order chi connectivity index (χ1) is 4.70. The van der Waals surface area contributed by atoms with Gasteiger partial charge in [0.1, 0.15) is 5.76 Å². The van der Waals surface area contributed by atoms with Gasteiger partial charge in [-0.1, -0.05) is 13.8 Å². The van der Waals surface area contributed by atoms with E-state index in [0.29, 0.717) is 5.92 Å². The molecular weight excluding hydrogens is 126 g/mol. The van der Waals surface area contributed by atoms with Gasteiger partial charge in [0.25, 0.3) is 0 Å². The van der Waals surface area contributed by atoms with Crippen LogP contribution < -0.4 is 0 Å². The zero-order chi connectivity index (χ0) is 7.56. The lowest BCUT2D eigenvalue weighted by molar-refractivity contribution is 0.467. The van der Waals surface area contributed by atoms with Gasteiger partial charge in [0, 0.05) is 6.42 Å². The molecule has 0 aliphatic carbocycles. The predicted octanol–water partition coefficient (Wildman–Crippen LogP) is 2.18. The van der Waals surface area contributed by atoms with Gasteiger partial charge in [-0.2, -0.15) is 0 Å². The first kappa shape index (κ1) is 7.32. The molecule has 1 heterocycles. The number of aryl methyl sites for hydroxylation is 1. The van der Waals surface area contributed by atoms with Crippen LogP contribution >= 0.6 is 0 Å². The van der Waals surface area contributed by atoms with E-state index in [-0.39, 0.29) is 0 Å². The molecule has 0 radical (unpaired) electrons. The second-order valence-corrected chi connectivity index (χ2v) is 2.96. The summed E-state index contributed by atoms with van der Waals surface area (Å²) in [4.78, 5) is 4.00. The highest BCUT2D eigenvalue weighted by Crippen LogP contribution is 2.10. The van der Waals surface area contributed by atoms with Crippen LogP contribution in [0.2, 0.25) is 0 Å². The Morgan fingerprint density at radius 2 is 2.30 bits per heavy atom. The van der Waals surface area contributed by atoms with Crippen molar-refractivity contribution in [1.82, 2.24) is 4.98 Å². The third-order valence-corrected chi connectivity index (χ3v) is 1.44. The lowest BCUT2D eigenvalue weighted by atomic mass is 10.1. The Bertz CT molecular complexity index is 203. The van der Waals surface area contributed by atoms with E-state index in [1.165, 1.54) is 6.39 Å². The van der Waals surface area contributed by atoms with Crippen LogP contribution in [-0.2, 0) is 6.42 Å². The number of nitrogens with zero attached hydrogens (tertiary/aromatic N) is 1. The van der Waals surface area contributed by atoms with Crippen molar-refractivity contribution in [3.63, 3.8) is 0 Å². The molecule has 1 aromatic heterocycles. The Morgan fingerprint density at radius 1 is 1.60 bits per heavy atom. The molecule has 0 atom stereocenters. The summed E-state index contributed by atoms with van der Waals surface area (Å²) in [5, 5.41) is 0. The Balaban J connectivity index is 2.65. The first-order valence-electron chi connectivity index (χ1n) is 3.59. The molecule has 0 fully saturated rings. The standard InChI is InChI=1S/C8H13NO/c1-6(2)4-8-7(3)9-5-10-8/h5-6H,4H2,1-3H3. The topological polar surface area (TPSA) is 26.0 Å². The number of hydrogen-bond acceptors (Lipinski definition) is 2. The van der Waals surface area contributed by atoms with Gasteiger partial charge in [-0.3, -0.25) is 0 Å². The highest BCUT2D eigenvalue weighted by Gasteiger charge is 2.04. The van der Waals surface area contributed by atoms with Crippen LogP contribution in [0.3, 0.4) is 0 Å². The summed E-state index contributed by atoms with van der Waals surface area (Å²) < 4.78 is 5.16. The maximum atomic E-state index is 5.16. The summed E-state index contributed by atoms with van der Waals surface area (Å²) in [5.74, 6) is 1.67. The number of oxazole rings is 1. The smallest absolute Gasteiger partial charge is 0.181 e. The molecule has 10 heavy (non-hydrogen) atoms. The van der Waals surface area contributed by atoms with Crippen molar-refractivity contribution in [3.8, 4) is 0 Å². The second-order valence-electron chi connectivity index (χ2n) is 2.96. The number of rotatable bonds is 2. The third kappa shape index (κ3) is 1.59. The Morgan fingerprint density at radius 3 is 2.70 bits per heavy atom. The van der Waals surface area contributed by atoms with Gasteiger partial charge >= 0.3 is 0 Å². The predicted molar refractivity (Wildman–Crippen MR) is 39.8 cm³/mol. The van der Waals surface area contributed by atoms with Gasteiger partial charge < -0.3 is 4.42 Å². The minimum atomic E-state index is 0.645. The van der Waals surface area contributed by atoms with Crippen LogP contribution in [0, 0.1) is 12.8 Å². The molecule has 0 aromatic carbocycles. The molecule has 2 heteroatoms. The SMILES string of the molecule is Cc1ncoc1CC(C)C. The van der Waals surface area contributed by atoms with Gasteiger partial charge in [-0.25, -0.2) is 4.98 Å². The van der Waals surface area contributed by atoms with Crippen LogP contribution in [0.15, 0.2) is 10.8 Å². The van der Waals surface area contributed by atoms with E-state index in [1.807, 2.05) is 6.92 Å². The lowest BCUT2D eigenvalue weighted by Crippen LogP contribution is -1.93. The van der Waals surface area contributed by atoms with E-state index in [9.17, 15) is 0 Å². The lowest BCUT2D eigenvalue weighted by Gasteiger charge is -1.99. The van der Waals surface area contributed by atoms with Gasteiger partial charge in [0.15, 0.2) is 6.39 Å². The quantitative estimate of drug-likeness (QED) is 0.627. The molecule has 0 N–H and O–H groups in total. The average Bonchev–Trinajstić information content (AvgIpc) is 2.15. The second kappa shape index (κ2) is 2.86. The maximum absolute atomic E-state index is 5.16. The zero-order valence-corrected chi connectivity index (χ0v) is 6.72. The fourth-order valence-electron chi connectivity index (χ4n) is 0.893. The first-order valence-corrected chi connectivity index (χ1v) is 3.59. The Kier molecular flexibility index (Phi) is 2.10. The van der Waals surface area contributed by atoms with E-state index in [2.05, 4.69) is 18.8 Å². The molecule has 0 aliphatic heterocycles. The number of hydrogen-bond donors (Lipinski definition) is 0. The minimum Gasteiger partial charge on any atom is -0.448 e. The summed E-state index contributed by atoms with van der Waals surface area (Å²) in [6.07, 6.45) is 2.50. The molecule has 0 spiro atoms. The molecule has 1 aromatic rings. The van der Waals surface area contributed by atoms with Crippen LogP contribution in [0.1, 0.15) is 25.3 Å². The molecule has 0 unspecified atom stereocenters. The van der Waals surface area contributed by atoms with Crippen molar-refractivity contribution in [2.75, 3.05) is 0 Å². The van der Waals surface area contributed by atoms with Gasteiger partial charge in [0.2, 0.25) is 0 Å². The molecule has 0 aliphatic rings. The van der Waals surface area contributed by atoms with Crippen LogP contribution in [0.5, 0.6) is 0 Å².